The largest absolute Gasteiger partial charge is 0.438 e. The lowest BCUT2D eigenvalue weighted by Gasteiger charge is -2.31. The molecule has 2 rings (SSSR count). The van der Waals surface area contributed by atoms with Crippen molar-refractivity contribution in [3.05, 3.63) is 34.3 Å². The second-order valence-electron chi connectivity index (χ2n) is 4.07. The van der Waals surface area contributed by atoms with E-state index in [9.17, 15) is 18.3 Å². The van der Waals surface area contributed by atoms with Crippen LogP contribution in [0.2, 0.25) is 0 Å². The van der Waals surface area contributed by atoms with Gasteiger partial charge in [-0.25, -0.2) is 0 Å². The first-order valence-corrected chi connectivity index (χ1v) is 5.90. The van der Waals surface area contributed by atoms with E-state index in [1.807, 2.05) is 0 Å². The molecule has 1 aromatic rings. The molecule has 0 aromatic heterocycles. The number of hydrazone groups is 1. The van der Waals surface area contributed by atoms with Crippen molar-refractivity contribution < 1.29 is 18.3 Å². The maximum Gasteiger partial charge on any atom is 0.438 e. The lowest BCUT2D eigenvalue weighted by molar-refractivity contribution is -0.303. The van der Waals surface area contributed by atoms with Crippen LogP contribution in [0.15, 0.2) is 33.8 Å². The van der Waals surface area contributed by atoms with Gasteiger partial charge in [-0.15, -0.1) is 0 Å². The summed E-state index contributed by atoms with van der Waals surface area (Å²) in [6, 6.07) is 6.73. The summed E-state index contributed by atoms with van der Waals surface area (Å²) in [5.74, 6) is 0. The Balaban J connectivity index is 2.30. The van der Waals surface area contributed by atoms with Crippen molar-refractivity contribution in [3.63, 3.8) is 0 Å². The average Bonchev–Trinajstić information content (AvgIpc) is 2.57. The fraction of sp³-hybridized carbons (Fsp3) is 0.364. The van der Waals surface area contributed by atoms with Crippen molar-refractivity contribution in [3.8, 4) is 0 Å². The molecule has 1 N–H and O–H groups in total. The minimum Gasteiger partial charge on any atom is -0.362 e. The molecule has 1 aliphatic rings. The second kappa shape index (κ2) is 4.24. The van der Waals surface area contributed by atoms with Crippen molar-refractivity contribution in [2.75, 3.05) is 7.05 Å². The first-order valence-electron chi connectivity index (χ1n) is 5.10. The van der Waals surface area contributed by atoms with Crippen molar-refractivity contribution in [1.82, 2.24) is 5.01 Å². The van der Waals surface area contributed by atoms with Gasteiger partial charge < -0.3 is 5.11 Å². The average molecular weight is 323 g/mol. The fourth-order valence-electron chi connectivity index (χ4n) is 1.73. The normalized spacial score (nSPS) is 24.3. The summed E-state index contributed by atoms with van der Waals surface area (Å²) >= 11 is 3.24. The van der Waals surface area contributed by atoms with Crippen LogP contribution in [-0.2, 0) is 0 Å². The molecule has 0 saturated heterocycles. The van der Waals surface area contributed by atoms with Gasteiger partial charge in [0.2, 0.25) is 0 Å². The van der Waals surface area contributed by atoms with E-state index in [-0.39, 0.29) is 5.71 Å². The third-order valence-electron chi connectivity index (χ3n) is 2.85. The molecule has 98 valence electrons. The Morgan fingerprint density at radius 1 is 1.33 bits per heavy atom. The van der Waals surface area contributed by atoms with Gasteiger partial charge in [-0.1, -0.05) is 28.1 Å². The number of halogens is 4. The molecular weight excluding hydrogens is 313 g/mol. The molecular formula is C11H10BrF3N2O. The van der Waals surface area contributed by atoms with Gasteiger partial charge in [-0.3, -0.25) is 5.01 Å². The Kier molecular flexibility index (Phi) is 3.14. The molecule has 0 radical (unpaired) electrons. The van der Waals surface area contributed by atoms with Crippen LogP contribution in [0.25, 0.3) is 0 Å². The van der Waals surface area contributed by atoms with Crippen LogP contribution in [-0.4, -0.2) is 34.8 Å². The molecule has 0 fully saturated rings. The zero-order chi connectivity index (χ0) is 13.6. The van der Waals surface area contributed by atoms with Crippen LogP contribution in [0.5, 0.6) is 0 Å². The molecule has 7 heteroatoms. The molecule has 1 aromatic carbocycles. The maximum atomic E-state index is 12.8. The third-order valence-corrected chi connectivity index (χ3v) is 3.38. The number of aliphatic hydroxyl groups is 1. The van der Waals surface area contributed by atoms with Crippen LogP contribution < -0.4 is 0 Å². The standard InChI is InChI=1S/C11H10BrF3N2O/c1-17-10(18,11(13,14)15)6-9(16-17)7-2-4-8(12)5-3-7/h2-5,18H,6H2,1H3. The minimum atomic E-state index is -4.75. The first-order chi connectivity index (χ1) is 8.24. The van der Waals surface area contributed by atoms with Gasteiger partial charge in [0, 0.05) is 11.5 Å². The zero-order valence-electron chi connectivity index (χ0n) is 9.37. The van der Waals surface area contributed by atoms with Crippen molar-refractivity contribution in [2.24, 2.45) is 5.10 Å². The second-order valence-corrected chi connectivity index (χ2v) is 4.98. The summed E-state index contributed by atoms with van der Waals surface area (Å²) in [6.07, 6.45) is -5.32. The highest BCUT2D eigenvalue weighted by molar-refractivity contribution is 9.10. The molecule has 0 aliphatic carbocycles. The quantitative estimate of drug-likeness (QED) is 0.863. The van der Waals surface area contributed by atoms with Crippen LogP contribution >= 0.6 is 15.9 Å². The molecule has 0 spiro atoms. The number of hydrogen-bond donors (Lipinski definition) is 1. The van der Waals surface area contributed by atoms with Gasteiger partial charge in [0.15, 0.2) is 0 Å². The Labute approximate surface area is 110 Å². The summed E-state index contributed by atoms with van der Waals surface area (Å²) in [4.78, 5) is 0. The van der Waals surface area contributed by atoms with Gasteiger partial charge in [-0.05, 0) is 17.7 Å². The summed E-state index contributed by atoms with van der Waals surface area (Å²) in [5, 5.41) is 14.0. The molecule has 0 amide bonds. The zero-order valence-corrected chi connectivity index (χ0v) is 11.0. The number of hydrogen-bond acceptors (Lipinski definition) is 3. The molecule has 1 unspecified atom stereocenters. The predicted molar refractivity (Wildman–Crippen MR) is 64.1 cm³/mol. The third kappa shape index (κ3) is 2.12. The maximum absolute atomic E-state index is 12.8. The summed E-state index contributed by atoms with van der Waals surface area (Å²) in [7, 11) is 1.11. The van der Waals surface area contributed by atoms with E-state index in [4.69, 9.17) is 0 Å². The van der Waals surface area contributed by atoms with Gasteiger partial charge in [0.1, 0.15) is 0 Å². The molecule has 0 saturated carbocycles. The van der Waals surface area contributed by atoms with Gasteiger partial charge in [0.05, 0.1) is 12.1 Å². The van der Waals surface area contributed by atoms with Gasteiger partial charge in [-0.2, -0.15) is 18.3 Å². The summed E-state index contributed by atoms with van der Waals surface area (Å²) in [5.41, 5.74) is -2.15. The molecule has 1 aliphatic heterocycles. The highest BCUT2D eigenvalue weighted by Crippen LogP contribution is 2.40. The van der Waals surface area contributed by atoms with Crippen LogP contribution in [0.4, 0.5) is 13.2 Å². The van der Waals surface area contributed by atoms with E-state index < -0.39 is 18.3 Å². The summed E-state index contributed by atoms with van der Waals surface area (Å²) in [6.45, 7) is 0. The lowest BCUT2D eigenvalue weighted by Crippen LogP contribution is -2.53. The highest BCUT2D eigenvalue weighted by atomic mass is 79.9. The number of alkyl halides is 3. The topological polar surface area (TPSA) is 35.8 Å². The molecule has 18 heavy (non-hydrogen) atoms. The van der Waals surface area contributed by atoms with Crippen LogP contribution in [0.3, 0.4) is 0 Å². The number of benzene rings is 1. The van der Waals surface area contributed by atoms with Gasteiger partial charge >= 0.3 is 6.18 Å². The Hall–Kier alpha value is -1.08. The first kappa shape index (κ1) is 13.4. The molecule has 0 bridgehead atoms. The van der Waals surface area contributed by atoms with E-state index >= 15 is 0 Å². The molecule has 3 nitrogen and oxygen atoms in total. The number of rotatable bonds is 1. The van der Waals surface area contributed by atoms with E-state index in [2.05, 4.69) is 21.0 Å². The highest BCUT2D eigenvalue weighted by Gasteiger charge is 2.60. The molecule has 1 atom stereocenters. The van der Waals surface area contributed by atoms with Crippen LogP contribution in [0, 0.1) is 0 Å². The smallest absolute Gasteiger partial charge is 0.362 e. The Morgan fingerprint density at radius 3 is 2.33 bits per heavy atom. The predicted octanol–water partition coefficient (Wildman–Crippen LogP) is 2.74. The van der Waals surface area contributed by atoms with Crippen molar-refractivity contribution in [1.29, 1.82) is 0 Å². The van der Waals surface area contributed by atoms with E-state index in [0.717, 1.165) is 11.5 Å². The van der Waals surface area contributed by atoms with E-state index in [0.29, 0.717) is 10.6 Å². The van der Waals surface area contributed by atoms with Crippen molar-refractivity contribution in [2.45, 2.75) is 18.3 Å². The molecule has 1 heterocycles. The SMILES string of the molecule is CN1N=C(c2ccc(Br)cc2)CC1(O)C(F)(F)F. The Bertz CT molecular complexity index is 486. The fourth-order valence-corrected chi connectivity index (χ4v) is 2.00. The monoisotopic (exact) mass is 322 g/mol. The lowest BCUT2D eigenvalue weighted by atomic mass is 10.0. The minimum absolute atomic E-state index is 0.213. The van der Waals surface area contributed by atoms with E-state index in [1.165, 1.54) is 0 Å². The van der Waals surface area contributed by atoms with Crippen molar-refractivity contribution >= 4 is 21.6 Å². The van der Waals surface area contributed by atoms with Crippen LogP contribution in [0.1, 0.15) is 12.0 Å². The van der Waals surface area contributed by atoms with E-state index in [1.54, 1.807) is 24.3 Å². The summed E-state index contributed by atoms with van der Waals surface area (Å²) < 4.78 is 39.2. The Morgan fingerprint density at radius 2 is 1.89 bits per heavy atom. The number of nitrogens with zero attached hydrogens (tertiary/aromatic N) is 2. The van der Waals surface area contributed by atoms with Gasteiger partial charge in [0.25, 0.3) is 5.72 Å².